The van der Waals surface area contributed by atoms with Crippen molar-refractivity contribution in [3.63, 3.8) is 0 Å². The second-order valence-corrected chi connectivity index (χ2v) is 8.88. The number of anilines is 2. The van der Waals surface area contributed by atoms with E-state index in [9.17, 15) is 13.2 Å². The number of aryl methyl sites for hydroxylation is 1. The van der Waals surface area contributed by atoms with E-state index in [1.807, 2.05) is 24.7 Å². The van der Waals surface area contributed by atoms with Gasteiger partial charge in [-0.3, -0.25) is 4.79 Å². The first-order valence-electron chi connectivity index (χ1n) is 8.74. The fourth-order valence-corrected chi connectivity index (χ4v) is 4.28. The number of thioether (sulfide) groups is 1. The summed E-state index contributed by atoms with van der Waals surface area (Å²) in [7, 11) is -1.95. The Morgan fingerprint density at radius 3 is 2.41 bits per heavy atom. The molecule has 0 aliphatic rings. The monoisotopic (exact) mass is 432 g/mol. The summed E-state index contributed by atoms with van der Waals surface area (Å²) in [4.78, 5) is 24.5. The van der Waals surface area contributed by atoms with Crippen LogP contribution in [0.15, 0.2) is 65.2 Å². The van der Waals surface area contributed by atoms with E-state index < -0.39 is 10.0 Å². The van der Waals surface area contributed by atoms with Gasteiger partial charge in [0.05, 0.1) is 10.1 Å². The molecule has 29 heavy (non-hydrogen) atoms. The lowest BCUT2D eigenvalue weighted by atomic mass is 10.3. The fraction of sp³-hybridized carbons (Fsp3) is 0.222. The third-order valence-electron chi connectivity index (χ3n) is 3.91. The second kappa shape index (κ2) is 9.05. The largest absolute Gasteiger partial charge is 0.329 e. The third kappa shape index (κ3) is 5.33. The summed E-state index contributed by atoms with van der Waals surface area (Å²) in [6, 6.07) is 7.49. The number of nitrogens with zero attached hydrogens (tertiary/aromatic N) is 4. The van der Waals surface area contributed by atoms with Gasteiger partial charge in [0.25, 0.3) is 10.0 Å². The van der Waals surface area contributed by atoms with Crippen molar-refractivity contribution >= 4 is 39.3 Å². The van der Waals surface area contributed by atoms with Crippen LogP contribution in [0.5, 0.6) is 0 Å². The molecule has 1 aromatic carbocycles. The second-order valence-electron chi connectivity index (χ2n) is 6.03. The number of rotatable bonds is 8. The number of benzene rings is 1. The molecular weight excluding hydrogens is 412 g/mol. The lowest BCUT2D eigenvalue weighted by Gasteiger charge is -2.14. The molecule has 0 aliphatic heterocycles. The number of carbonyl (C=O) groups excluding carboxylic acids is 1. The molecule has 2 aromatic heterocycles. The first-order chi connectivity index (χ1) is 13.9. The molecular formula is C18H20N6O3S2. The molecule has 3 aromatic rings. The summed E-state index contributed by atoms with van der Waals surface area (Å²) in [6.07, 6.45) is 7.01. The van der Waals surface area contributed by atoms with Crippen LogP contribution in [0.4, 0.5) is 11.6 Å². The van der Waals surface area contributed by atoms with Gasteiger partial charge in [-0.15, -0.1) is 0 Å². The highest BCUT2D eigenvalue weighted by molar-refractivity contribution is 8.00. The first-order valence-corrected chi connectivity index (χ1v) is 11.1. The van der Waals surface area contributed by atoms with Gasteiger partial charge in [0, 0.05) is 37.5 Å². The van der Waals surface area contributed by atoms with Crippen LogP contribution in [0.3, 0.4) is 0 Å². The molecule has 0 aliphatic carbocycles. The van der Waals surface area contributed by atoms with Gasteiger partial charge in [-0.1, -0.05) is 18.7 Å². The van der Waals surface area contributed by atoms with Crippen LogP contribution in [0.25, 0.3) is 0 Å². The molecule has 0 fully saturated rings. The van der Waals surface area contributed by atoms with Crippen molar-refractivity contribution in [3.8, 4) is 0 Å². The van der Waals surface area contributed by atoms with Crippen LogP contribution in [0.2, 0.25) is 0 Å². The molecule has 9 nitrogen and oxygen atoms in total. The normalized spacial score (nSPS) is 12.3. The van der Waals surface area contributed by atoms with Gasteiger partial charge in [0.1, 0.15) is 0 Å². The van der Waals surface area contributed by atoms with Crippen LogP contribution in [0.1, 0.15) is 13.3 Å². The summed E-state index contributed by atoms with van der Waals surface area (Å²) in [5.41, 5.74) is 0.504. The van der Waals surface area contributed by atoms with E-state index in [4.69, 9.17) is 0 Å². The number of nitrogens with one attached hydrogen (secondary N) is 2. The smallest absolute Gasteiger partial charge is 0.264 e. The highest BCUT2D eigenvalue weighted by atomic mass is 32.2. The Labute approximate surface area is 173 Å². The molecule has 0 bridgehead atoms. The Bertz CT molecular complexity index is 1070. The van der Waals surface area contributed by atoms with Crippen LogP contribution in [-0.4, -0.2) is 39.1 Å². The lowest BCUT2D eigenvalue weighted by Crippen LogP contribution is -2.25. The zero-order chi connectivity index (χ0) is 20.9. The third-order valence-corrected chi connectivity index (χ3v) is 6.69. The Morgan fingerprint density at radius 2 is 1.83 bits per heavy atom. The summed E-state index contributed by atoms with van der Waals surface area (Å²) in [5.74, 6) is -0.186. The predicted molar refractivity (Wildman–Crippen MR) is 111 cm³/mol. The van der Waals surface area contributed by atoms with Gasteiger partial charge >= 0.3 is 0 Å². The molecule has 0 saturated carbocycles. The number of imidazole rings is 1. The van der Waals surface area contributed by atoms with E-state index in [0.717, 1.165) is 5.16 Å². The van der Waals surface area contributed by atoms with E-state index in [1.165, 1.54) is 48.4 Å². The van der Waals surface area contributed by atoms with E-state index in [1.54, 1.807) is 12.3 Å². The molecule has 0 saturated heterocycles. The minimum atomic E-state index is -3.82. The van der Waals surface area contributed by atoms with Gasteiger partial charge in [-0.05, 0) is 36.8 Å². The molecule has 1 amide bonds. The number of amides is 1. The highest BCUT2D eigenvalue weighted by Gasteiger charge is 2.21. The van der Waals surface area contributed by atoms with Crippen LogP contribution < -0.4 is 10.0 Å². The van der Waals surface area contributed by atoms with Gasteiger partial charge in [0.2, 0.25) is 11.9 Å². The summed E-state index contributed by atoms with van der Waals surface area (Å²) in [5, 5.41) is 3.25. The van der Waals surface area contributed by atoms with E-state index in [-0.39, 0.29) is 22.0 Å². The molecule has 3 rings (SSSR count). The van der Waals surface area contributed by atoms with Crippen molar-refractivity contribution in [1.82, 2.24) is 19.5 Å². The highest BCUT2D eigenvalue weighted by Crippen LogP contribution is 2.25. The summed E-state index contributed by atoms with van der Waals surface area (Å²) < 4.78 is 29.0. The van der Waals surface area contributed by atoms with Crippen LogP contribution in [-0.2, 0) is 21.9 Å². The molecule has 152 valence electrons. The number of carbonyl (C=O) groups is 1. The Hall–Kier alpha value is -2.92. The SMILES string of the molecule is CCC(Sc1nccn1C)C(=O)Nc1ccc(S(=O)(=O)Nc2ncccn2)cc1. The Balaban J connectivity index is 1.66. The van der Waals surface area contributed by atoms with Gasteiger partial charge in [-0.25, -0.2) is 28.1 Å². The zero-order valence-electron chi connectivity index (χ0n) is 15.8. The number of hydrogen-bond donors (Lipinski definition) is 2. The molecule has 0 spiro atoms. The molecule has 1 atom stereocenters. The maximum atomic E-state index is 12.6. The Morgan fingerprint density at radius 1 is 1.14 bits per heavy atom. The predicted octanol–water partition coefficient (Wildman–Crippen LogP) is 2.52. The van der Waals surface area contributed by atoms with Crippen molar-refractivity contribution in [2.45, 2.75) is 28.6 Å². The molecule has 2 heterocycles. The van der Waals surface area contributed by atoms with Crippen molar-refractivity contribution < 1.29 is 13.2 Å². The van der Waals surface area contributed by atoms with Crippen molar-refractivity contribution in [2.24, 2.45) is 7.05 Å². The van der Waals surface area contributed by atoms with Crippen LogP contribution >= 0.6 is 11.8 Å². The molecule has 2 N–H and O–H groups in total. The quantitative estimate of drug-likeness (QED) is 0.525. The molecule has 11 heteroatoms. The summed E-state index contributed by atoms with van der Waals surface area (Å²) >= 11 is 1.38. The fourth-order valence-electron chi connectivity index (χ4n) is 2.39. The maximum absolute atomic E-state index is 12.6. The number of sulfonamides is 1. The van der Waals surface area contributed by atoms with Gasteiger partial charge < -0.3 is 9.88 Å². The van der Waals surface area contributed by atoms with E-state index in [0.29, 0.717) is 12.1 Å². The van der Waals surface area contributed by atoms with Crippen LogP contribution in [0, 0.1) is 0 Å². The average Bonchev–Trinajstić information content (AvgIpc) is 3.11. The molecule has 1 unspecified atom stereocenters. The number of aromatic nitrogens is 4. The van der Waals surface area contributed by atoms with E-state index in [2.05, 4.69) is 25.0 Å². The first kappa shape index (κ1) is 20.8. The number of hydrogen-bond acceptors (Lipinski definition) is 7. The van der Waals surface area contributed by atoms with Crippen molar-refractivity contribution in [2.75, 3.05) is 10.0 Å². The van der Waals surface area contributed by atoms with Crippen molar-refractivity contribution in [3.05, 3.63) is 55.1 Å². The average molecular weight is 433 g/mol. The lowest BCUT2D eigenvalue weighted by molar-refractivity contribution is -0.115. The Kier molecular flexibility index (Phi) is 6.49. The zero-order valence-corrected chi connectivity index (χ0v) is 17.4. The summed E-state index contributed by atoms with van der Waals surface area (Å²) in [6.45, 7) is 1.92. The van der Waals surface area contributed by atoms with Gasteiger partial charge in [-0.2, -0.15) is 0 Å². The van der Waals surface area contributed by atoms with Gasteiger partial charge in [0.15, 0.2) is 5.16 Å². The topological polar surface area (TPSA) is 119 Å². The standard InChI is InChI=1S/C18H20N6O3S2/c1-3-15(28-18-21-11-12-24(18)2)16(25)22-13-5-7-14(8-6-13)29(26,27)23-17-19-9-4-10-20-17/h4-12,15H,3H2,1-2H3,(H,22,25)(H,19,20,23). The van der Waals surface area contributed by atoms with Crippen molar-refractivity contribution in [1.29, 1.82) is 0 Å². The maximum Gasteiger partial charge on any atom is 0.264 e. The van der Waals surface area contributed by atoms with E-state index >= 15 is 0 Å². The minimum Gasteiger partial charge on any atom is -0.329 e. The molecule has 0 radical (unpaired) electrons. The minimum absolute atomic E-state index is 0.0121.